The molecule has 4 nitrogen and oxygen atoms in total. The second-order valence-corrected chi connectivity index (χ2v) is 4.89. The van der Waals surface area contributed by atoms with Crippen LogP contribution < -0.4 is 4.74 Å². The molecule has 0 spiro atoms. The van der Waals surface area contributed by atoms with E-state index in [1.54, 1.807) is 31.3 Å². The first kappa shape index (κ1) is 13.2. The second-order valence-electron chi connectivity index (χ2n) is 3.69. The van der Waals surface area contributed by atoms with Crippen LogP contribution in [0, 0.1) is 0 Å². The molecule has 6 heteroatoms. The Balaban J connectivity index is 2.09. The van der Waals surface area contributed by atoms with Crippen molar-refractivity contribution in [3.8, 4) is 5.88 Å². The van der Waals surface area contributed by atoms with E-state index in [0.29, 0.717) is 11.8 Å². The highest BCUT2D eigenvalue weighted by atomic mass is 35.5. The number of halogens is 1. The molecule has 0 unspecified atom stereocenters. The van der Waals surface area contributed by atoms with E-state index in [1.807, 2.05) is 23.7 Å². The van der Waals surface area contributed by atoms with Crippen LogP contribution in [-0.2, 0) is 18.7 Å². The summed E-state index contributed by atoms with van der Waals surface area (Å²) in [5.74, 6) is 1.90. The molecule has 0 atom stereocenters. The molecule has 0 aliphatic heterocycles. The molecular weight excluding hydrogens is 270 g/mol. The molecule has 96 valence electrons. The van der Waals surface area contributed by atoms with Crippen molar-refractivity contribution in [3.05, 3.63) is 35.8 Å². The van der Waals surface area contributed by atoms with E-state index in [9.17, 15) is 0 Å². The molecular formula is C12H14ClN3OS. The Morgan fingerprint density at radius 2 is 2.28 bits per heavy atom. The third kappa shape index (κ3) is 2.79. The summed E-state index contributed by atoms with van der Waals surface area (Å²) < 4.78 is 7.22. The zero-order valence-corrected chi connectivity index (χ0v) is 11.8. The summed E-state index contributed by atoms with van der Waals surface area (Å²) >= 11 is 7.45. The number of aromatic nitrogens is 3. The van der Waals surface area contributed by atoms with E-state index in [0.717, 1.165) is 22.2 Å². The van der Waals surface area contributed by atoms with Crippen molar-refractivity contribution in [2.45, 2.75) is 16.8 Å². The number of rotatable bonds is 5. The number of hydrogen-bond donors (Lipinski definition) is 0. The van der Waals surface area contributed by atoms with Gasteiger partial charge in [-0.3, -0.25) is 0 Å². The van der Waals surface area contributed by atoms with Gasteiger partial charge in [0.25, 0.3) is 0 Å². The summed E-state index contributed by atoms with van der Waals surface area (Å²) in [5.41, 5.74) is 2.07. The number of ether oxygens (including phenoxy) is 1. The number of nitrogens with zero attached hydrogens (tertiary/aromatic N) is 3. The SMILES string of the molecule is COc1ncccc1CSc1ncc(CCl)n1C. The maximum absolute atomic E-state index is 5.81. The predicted molar refractivity (Wildman–Crippen MR) is 73.1 cm³/mol. The molecule has 2 heterocycles. The van der Waals surface area contributed by atoms with Crippen molar-refractivity contribution in [1.82, 2.24) is 14.5 Å². The summed E-state index contributed by atoms with van der Waals surface area (Å²) in [5, 5.41) is 0.941. The Kier molecular flexibility index (Phi) is 4.49. The van der Waals surface area contributed by atoms with Gasteiger partial charge in [-0.2, -0.15) is 0 Å². The molecule has 0 saturated heterocycles. The lowest BCUT2D eigenvalue weighted by Crippen LogP contribution is -1.97. The summed E-state index contributed by atoms with van der Waals surface area (Å²) in [7, 11) is 3.59. The van der Waals surface area contributed by atoms with Gasteiger partial charge in [-0.15, -0.1) is 11.6 Å². The number of methoxy groups -OCH3 is 1. The maximum Gasteiger partial charge on any atom is 0.217 e. The van der Waals surface area contributed by atoms with Gasteiger partial charge in [0.2, 0.25) is 5.88 Å². The minimum absolute atomic E-state index is 0.472. The number of imidazole rings is 1. The van der Waals surface area contributed by atoms with Crippen LogP contribution in [0.4, 0.5) is 0 Å². The zero-order chi connectivity index (χ0) is 13.0. The van der Waals surface area contributed by atoms with Crippen LogP contribution in [0.1, 0.15) is 11.3 Å². The van der Waals surface area contributed by atoms with Gasteiger partial charge in [0.1, 0.15) is 0 Å². The molecule has 0 radical (unpaired) electrons. The smallest absolute Gasteiger partial charge is 0.217 e. The van der Waals surface area contributed by atoms with Crippen molar-refractivity contribution >= 4 is 23.4 Å². The lowest BCUT2D eigenvalue weighted by atomic mass is 10.3. The Labute approximate surface area is 115 Å². The molecule has 0 aliphatic carbocycles. The lowest BCUT2D eigenvalue weighted by molar-refractivity contribution is 0.394. The highest BCUT2D eigenvalue weighted by Gasteiger charge is 2.09. The molecule has 2 aromatic heterocycles. The van der Waals surface area contributed by atoms with Gasteiger partial charge in [-0.25, -0.2) is 9.97 Å². The minimum Gasteiger partial charge on any atom is -0.481 e. The zero-order valence-electron chi connectivity index (χ0n) is 10.3. The molecule has 0 N–H and O–H groups in total. The Morgan fingerprint density at radius 3 is 2.94 bits per heavy atom. The monoisotopic (exact) mass is 283 g/mol. The molecule has 0 aromatic carbocycles. The standard InChI is InChI=1S/C12H14ClN3OS/c1-16-10(6-13)7-15-12(16)18-8-9-4-3-5-14-11(9)17-2/h3-5,7H,6,8H2,1-2H3. The fraction of sp³-hybridized carbons (Fsp3) is 0.333. The largest absolute Gasteiger partial charge is 0.481 e. The molecule has 2 rings (SSSR count). The van der Waals surface area contributed by atoms with E-state index in [-0.39, 0.29) is 0 Å². The topological polar surface area (TPSA) is 39.9 Å². The summed E-state index contributed by atoms with van der Waals surface area (Å²) in [4.78, 5) is 8.51. The Morgan fingerprint density at radius 1 is 1.44 bits per heavy atom. The van der Waals surface area contributed by atoms with Crippen LogP contribution in [-0.4, -0.2) is 21.6 Å². The van der Waals surface area contributed by atoms with Crippen LogP contribution in [0.5, 0.6) is 5.88 Å². The first-order chi connectivity index (χ1) is 8.76. The van der Waals surface area contributed by atoms with Crippen molar-refractivity contribution in [2.75, 3.05) is 7.11 Å². The number of pyridine rings is 1. The van der Waals surface area contributed by atoms with Crippen molar-refractivity contribution in [1.29, 1.82) is 0 Å². The van der Waals surface area contributed by atoms with Crippen LogP contribution in [0.25, 0.3) is 0 Å². The fourth-order valence-corrected chi connectivity index (χ4v) is 2.73. The quantitative estimate of drug-likeness (QED) is 0.625. The van der Waals surface area contributed by atoms with Gasteiger partial charge in [0.05, 0.1) is 24.9 Å². The van der Waals surface area contributed by atoms with Gasteiger partial charge in [-0.1, -0.05) is 17.8 Å². The maximum atomic E-state index is 5.81. The molecule has 0 fully saturated rings. The Hall–Kier alpha value is -1.20. The van der Waals surface area contributed by atoms with E-state index >= 15 is 0 Å². The lowest BCUT2D eigenvalue weighted by Gasteiger charge is -2.07. The van der Waals surface area contributed by atoms with E-state index < -0.39 is 0 Å². The molecule has 2 aromatic rings. The van der Waals surface area contributed by atoms with Crippen LogP contribution in [0.3, 0.4) is 0 Å². The van der Waals surface area contributed by atoms with Crippen molar-refractivity contribution < 1.29 is 4.74 Å². The first-order valence-electron chi connectivity index (χ1n) is 5.43. The van der Waals surface area contributed by atoms with Gasteiger partial charge < -0.3 is 9.30 Å². The summed E-state index contributed by atoms with van der Waals surface area (Å²) in [6.07, 6.45) is 3.52. The van der Waals surface area contributed by atoms with Crippen molar-refractivity contribution in [2.24, 2.45) is 7.05 Å². The van der Waals surface area contributed by atoms with Gasteiger partial charge in [-0.05, 0) is 6.07 Å². The minimum atomic E-state index is 0.472. The van der Waals surface area contributed by atoms with Gasteiger partial charge in [0, 0.05) is 24.6 Å². The summed E-state index contributed by atoms with van der Waals surface area (Å²) in [6.45, 7) is 0. The molecule has 0 aliphatic rings. The number of thioether (sulfide) groups is 1. The third-order valence-corrected chi connectivity index (χ3v) is 3.95. The molecule has 0 amide bonds. The van der Waals surface area contributed by atoms with Crippen LogP contribution in [0.15, 0.2) is 29.7 Å². The Bertz CT molecular complexity index is 530. The summed E-state index contributed by atoms with van der Waals surface area (Å²) in [6, 6.07) is 3.91. The molecule has 18 heavy (non-hydrogen) atoms. The van der Waals surface area contributed by atoms with Gasteiger partial charge >= 0.3 is 0 Å². The first-order valence-corrected chi connectivity index (χ1v) is 6.95. The van der Waals surface area contributed by atoms with Crippen LogP contribution in [0.2, 0.25) is 0 Å². The normalized spacial score (nSPS) is 10.6. The second kappa shape index (κ2) is 6.11. The molecule has 0 bridgehead atoms. The van der Waals surface area contributed by atoms with E-state index in [4.69, 9.17) is 16.3 Å². The number of hydrogen-bond acceptors (Lipinski definition) is 4. The van der Waals surface area contributed by atoms with Crippen molar-refractivity contribution in [3.63, 3.8) is 0 Å². The average molecular weight is 284 g/mol. The third-order valence-electron chi connectivity index (χ3n) is 2.58. The fourth-order valence-electron chi connectivity index (χ4n) is 1.54. The highest BCUT2D eigenvalue weighted by Crippen LogP contribution is 2.26. The number of alkyl halides is 1. The predicted octanol–water partition coefficient (Wildman–Crippen LogP) is 2.85. The van der Waals surface area contributed by atoms with E-state index in [2.05, 4.69) is 9.97 Å². The average Bonchev–Trinajstić information content (AvgIpc) is 2.77. The molecule has 0 saturated carbocycles. The van der Waals surface area contributed by atoms with Gasteiger partial charge in [0.15, 0.2) is 5.16 Å². The highest BCUT2D eigenvalue weighted by molar-refractivity contribution is 7.98. The van der Waals surface area contributed by atoms with E-state index in [1.165, 1.54) is 0 Å². The van der Waals surface area contributed by atoms with Crippen LogP contribution >= 0.6 is 23.4 Å².